The summed E-state index contributed by atoms with van der Waals surface area (Å²) in [6.45, 7) is 1.56. The lowest BCUT2D eigenvalue weighted by Gasteiger charge is -1.92. The van der Waals surface area contributed by atoms with Gasteiger partial charge in [0.2, 0.25) is 5.89 Å². The molecule has 1 saturated carbocycles. The zero-order chi connectivity index (χ0) is 12.7. The summed E-state index contributed by atoms with van der Waals surface area (Å²) in [7, 11) is 0. The molecule has 6 heteroatoms. The molecule has 2 aromatic rings. The third-order valence-corrected chi connectivity index (χ3v) is 3.24. The number of aliphatic hydroxyl groups excluding tert-OH is 1. The van der Waals surface area contributed by atoms with Crippen LogP contribution < -0.4 is 0 Å². The van der Waals surface area contributed by atoms with Crippen molar-refractivity contribution in [1.82, 2.24) is 15.2 Å². The normalized spacial score (nSPS) is 15.0. The van der Waals surface area contributed by atoms with E-state index in [0.717, 1.165) is 24.7 Å². The number of aliphatic hydroxyl groups is 1. The number of aldehydes is 1. The van der Waals surface area contributed by atoms with E-state index in [2.05, 4.69) is 15.2 Å². The first kappa shape index (κ1) is 11.2. The molecule has 1 aliphatic rings. The Bertz CT molecular complexity index is 596. The monoisotopic (exact) mass is 247 g/mol. The van der Waals surface area contributed by atoms with Crippen molar-refractivity contribution in [3.05, 3.63) is 22.7 Å². The van der Waals surface area contributed by atoms with Crippen LogP contribution in [0.5, 0.6) is 0 Å². The number of hydrogen-bond acceptors (Lipinski definition) is 5. The fourth-order valence-corrected chi connectivity index (χ4v) is 2.00. The summed E-state index contributed by atoms with van der Waals surface area (Å²) in [4.78, 5) is 13.9. The topological polar surface area (TPSA) is 92.0 Å². The minimum absolute atomic E-state index is 0.224. The second-order valence-corrected chi connectivity index (χ2v) is 4.51. The van der Waals surface area contributed by atoms with E-state index in [4.69, 9.17) is 4.42 Å². The highest BCUT2D eigenvalue weighted by atomic mass is 16.4. The average Bonchev–Trinajstić information content (AvgIpc) is 3.02. The van der Waals surface area contributed by atoms with Gasteiger partial charge in [0.05, 0.1) is 12.3 Å². The predicted octanol–water partition coefficient (Wildman–Crippen LogP) is 1.56. The molecule has 0 saturated heterocycles. The van der Waals surface area contributed by atoms with E-state index in [-0.39, 0.29) is 6.61 Å². The Balaban J connectivity index is 2.04. The van der Waals surface area contributed by atoms with Crippen LogP contribution in [0.3, 0.4) is 0 Å². The molecular weight excluding hydrogens is 234 g/mol. The summed E-state index contributed by atoms with van der Waals surface area (Å²) in [5.74, 6) is 1.42. The van der Waals surface area contributed by atoms with Crippen LogP contribution in [0.2, 0.25) is 0 Å². The van der Waals surface area contributed by atoms with Crippen LogP contribution in [-0.4, -0.2) is 26.6 Å². The minimum atomic E-state index is -0.224. The molecule has 0 aliphatic heterocycles. The van der Waals surface area contributed by atoms with Gasteiger partial charge < -0.3 is 14.5 Å². The maximum atomic E-state index is 11.0. The molecule has 1 fully saturated rings. The molecule has 2 aromatic heterocycles. The summed E-state index contributed by atoms with van der Waals surface area (Å²) >= 11 is 0. The van der Waals surface area contributed by atoms with E-state index in [1.807, 2.05) is 0 Å². The van der Waals surface area contributed by atoms with E-state index in [0.29, 0.717) is 34.7 Å². The zero-order valence-corrected chi connectivity index (χ0v) is 9.93. The van der Waals surface area contributed by atoms with Crippen LogP contribution in [0.4, 0.5) is 0 Å². The third kappa shape index (κ3) is 1.65. The summed E-state index contributed by atoms with van der Waals surface area (Å²) in [5, 5.41) is 17.2. The fraction of sp³-hybridized carbons (Fsp3) is 0.417. The molecule has 0 spiro atoms. The van der Waals surface area contributed by atoms with E-state index >= 15 is 0 Å². The van der Waals surface area contributed by atoms with Crippen molar-refractivity contribution in [2.45, 2.75) is 32.3 Å². The number of rotatable bonds is 4. The largest absolute Gasteiger partial charge is 0.419 e. The number of aromatic amines is 1. The van der Waals surface area contributed by atoms with E-state index in [9.17, 15) is 9.90 Å². The van der Waals surface area contributed by atoms with Gasteiger partial charge in [0.1, 0.15) is 5.69 Å². The molecule has 0 amide bonds. The SMILES string of the molecule is Cc1c(-c2nnc(C3CC3)o2)[nH]c(CO)c1C=O. The van der Waals surface area contributed by atoms with Gasteiger partial charge in [-0.05, 0) is 25.3 Å². The molecule has 1 aliphatic carbocycles. The number of hydrogen-bond donors (Lipinski definition) is 2. The Labute approximate surface area is 103 Å². The first-order chi connectivity index (χ1) is 8.74. The van der Waals surface area contributed by atoms with Gasteiger partial charge in [-0.2, -0.15) is 0 Å². The number of H-pyrrole nitrogens is 1. The average molecular weight is 247 g/mol. The van der Waals surface area contributed by atoms with E-state index in [1.54, 1.807) is 6.92 Å². The summed E-state index contributed by atoms with van der Waals surface area (Å²) in [6.07, 6.45) is 2.90. The smallest absolute Gasteiger partial charge is 0.264 e. The highest BCUT2D eigenvalue weighted by Crippen LogP contribution is 2.40. The van der Waals surface area contributed by atoms with E-state index < -0.39 is 0 Å². The lowest BCUT2D eigenvalue weighted by Crippen LogP contribution is -1.89. The van der Waals surface area contributed by atoms with Gasteiger partial charge >= 0.3 is 0 Å². The molecular formula is C12H13N3O3. The first-order valence-electron chi connectivity index (χ1n) is 5.85. The van der Waals surface area contributed by atoms with Crippen LogP contribution >= 0.6 is 0 Å². The molecule has 0 atom stereocenters. The molecule has 6 nitrogen and oxygen atoms in total. The van der Waals surface area contributed by atoms with Crippen LogP contribution in [0.15, 0.2) is 4.42 Å². The number of carbonyl (C=O) groups is 1. The van der Waals surface area contributed by atoms with Gasteiger partial charge in [-0.15, -0.1) is 10.2 Å². The Morgan fingerprint density at radius 3 is 2.83 bits per heavy atom. The summed E-state index contributed by atoms with van der Waals surface area (Å²) in [5.41, 5.74) is 2.27. The maximum absolute atomic E-state index is 11.0. The Morgan fingerprint density at radius 2 is 2.28 bits per heavy atom. The minimum Gasteiger partial charge on any atom is -0.419 e. The van der Waals surface area contributed by atoms with Gasteiger partial charge in [0.25, 0.3) is 5.89 Å². The second-order valence-electron chi connectivity index (χ2n) is 4.51. The Morgan fingerprint density at radius 1 is 1.50 bits per heavy atom. The van der Waals surface area contributed by atoms with E-state index in [1.165, 1.54) is 0 Å². The van der Waals surface area contributed by atoms with Gasteiger partial charge in [-0.1, -0.05) is 0 Å². The zero-order valence-electron chi connectivity index (χ0n) is 9.93. The highest BCUT2D eigenvalue weighted by molar-refractivity contribution is 5.83. The number of nitrogens with one attached hydrogen (secondary N) is 1. The highest BCUT2D eigenvalue weighted by Gasteiger charge is 2.30. The van der Waals surface area contributed by atoms with Gasteiger partial charge in [-0.25, -0.2) is 0 Å². The quantitative estimate of drug-likeness (QED) is 0.800. The van der Waals surface area contributed by atoms with Crippen molar-refractivity contribution >= 4 is 6.29 Å². The molecule has 18 heavy (non-hydrogen) atoms. The van der Waals surface area contributed by atoms with Gasteiger partial charge in [-0.3, -0.25) is 4.79 Å². The maximum Gasteiger partial charge on any atom is 0.264 e. The van der Waals surface area contributed by atoms with Crippen molar-refractivity contribution in [3.63, 3.8) is 0 Å². The lowest BCUT2D eigenvalue weighted by molar-refractivity contribution is 0.112. The lowest BCUT2D eigenvalue weighted by atomic mass is 10.1. The summed E-state index contributed by atoms with van der Waals surface area (Å²) in [6, 6.07) is 0. The third-order valence-electron chi connectivity index (χ3n) is 3.24. The van der Waals surface area contributed by atoms with Crippen molar-refractivity contribution in [2.75, 3.05) is 0 Å². The van der Waals surface area contributed by atoms with Crippen LogP contribution in [0, 0.1) is 6.92 Å². The molecule has 94 valence electrons. The van der Waals surface area contributed by atoms with Crippen molar-refractivity contribution in [1.29, 1.82) is 0 Å². The first-order valence-corrected chi connectivity index (χ1v) is 5.85. The van der Waals surface area contributed by atoms with Crippen LogP contribution in [0.1, 0.15) is 46.3 Å². The standard InChI is InChI=1S/C12H13N3O3/c1-6-8(4-16)9(5-17)13-10(6)12-15-14-11(18-12)7-2-3-7/h4,7,13,17H,2-3,5H2,1H3. The van der Waals surface area contributed by atoms with Gasteiger partial charge in [0.15, 0.2) is 6.29 Å². The Hall–Kier alpha value is -1.95. The molecule has 2 N–H and O–H groups in total. The number of aromatic nitrogens is 3. The second kappa shape index (κ2) is 4.06. The van der Waals surface area contributed by atoms with Crippen LogP contribution in [0.25, 0.3) is 11.6 Å². The molecule has 2 heterocycles. The molecule has 0 radical (unpaired) electrons. The fourth-order valence-electron chi connectivity index (χ4n) is 2.00. The van der Waals surface area contributed by atoms with Crippen molar-refractivity contribution in [2.24, 2.45) is 0 Å². The summed E-state index contributed by atoms with van der Waals surface area (Å²) < 4.78 is 5.58. The molecule has 0 aromatic carbocycles. The van der Waals surface area contributed by atoms with Crippen molar-refractivity contribution in [3.8, 4) is 11.6 Å². The van der Waals surface area contributed by atoms with Gasteiger partial charge in [0, 0.05) is 11.5 Å². The molecule has 0 unspecified atom stereocenters. The number of carbonyl (C=O) groups excluding carboxylic acids is 1. The van der Waals surface area contributed by atoms with Crippen molar-refractivity contribution < 1.29 is 14.3 Å². The Kier molecular flexibility index (Phi) is 2.52. The number of nitrogens with zero attached hydrogens (tertiary/aromatic N) is 2. The van der Waals surface area contributed by atoms with Crippen LogP contribution in [-0.2, 0) is 6.61 Å². The predicted molar refractivity (Wildman–Crippen MR) is 62.1 cm³/mol. The molecule has 0 bridgehead atoms. The molecule has 3 rings (SSSR count).